The Hall–Kier alpha value is -2.38. The molecule has 1 amide bonds. The Balaban J connectivity index is 1.67. The largest absolute Gasteiger partial charge is 0.490 e. The summed E-state index contributed by atoms with van der Waals surface area (Å²) in [5.74, 6) is 0.795. The first-order chi connectivity index (χ1) is 14.8. The van der Waals surface area contributed by atoms with Crippen molar-refractivity contribution in [1.82, 2.24) is 9.21 Å². The van der Waals surface area contributed by atoms with E-state index < -0.39 is 10.0 Å². The van der Waals surface area contributed by atoms with Gasteiger partial charge in [-0.15, -0.1) is 0 Å². The summed E-state index contributed by atoms with van der Waals surface area (Å²) in [6, 6.07) is 12.5. The minimum atomic E-state index is -3.60. The maximum Gasteiger partial charge on any atom is 0.253 e. The average Bonchev–Trinajstić information content (AvgIpc) is 2.77. The molecule has 0 saturated carbocycles. The van der Waals surface area contributed by atoms with Crippen LogP contribution in [0.5, 0.6) is 5.75 Å². The van der Waals surface area contributed by atoms with Gasteiger partial charge >= 0.3 is 0 Å². The van der Waals surface area contributed by atoms with Gasteiger partial charge in [0.25, 0.3) is 5.91 Å². The molecule has 0 unspecified atom stereocenters. The molecule has 2 aromatic carbocycles. The maximum absolute atomic E-state index is 13.0. The Morgan fingerprint density at radius 3 is 2.19 bits per heavy atom. The first kappa shape index (κ1) is 23.3. The van der Waals surface area contributed by atoms with Crippen LogP contribution in [-0.4, -0.2) is 55.8 Å². The quantitative estimate of drug-likeness (QED) is 0.647. The van der Waals surface area contributed by atoms with Crippen LogP contribution in [-0.2, 0) is 10.0 Å². The molecule has 6 nitrogen and oxygen atoms in total. The smallest absolute Gasteiger partial charge is 0.253 e. The molecule has 1 aliphatic heterocycles. The van der Waals surface area contributed by atoms with Crippen molar-refractivity contribution in [2.75, 3.05) is 26.2 Å². The van der Waals surface area contributed by atoms with E-state index in [1.807, 2.05) is 32.0 Å². The lowest BCUT2D eigenvalue weighted by atomic mass is 10.1. The van der Waals surface area contributed by atoms with Crippen molar-refractivity contribution in [3.63, 3.8) is 0 Å². The monoisotopic (exact) mass is 444 g/mol. The number of rotatable bonds is 7. The number of carbonyl (C=O) groups is 1. The van der Waals surface area contributed by atoms with Crippen LogP contribution in [0.25, 0.3) is 0 Å². The molecule has 7 heteroatoms. The van der Waals surface area contributed by atoms with Crippen molar-refractivity contribution in [3.05, 3.63) is 59.2 Å². The number of ether oxygens (including phenoxy) is 1. The number of aryl methyl sites for hydroxylation is 2. The molecule has 1 heterocycles. The standard InChI is InChI=1S/C24H32N2O4S/c1-5-26(6-2)31(28,29)22-12-8-11-20(17-22)24(27)25-15-13-21(14-16-25)30-23-18(3)9-7-10-19(23)4/h7-12,17,21H,5-6,13-16H2,1-4H3. The Kier molecular flexibility index (Phi) is 7.38. The van der Waals surface area contributed by atoms with E-state index in [4.69, 9.17) is 4.74 Å². The molecule has 0 aromatic heterocycles. The SMILES string of the molecule is CCN(CC)S(=O)(=O)c1cccc(C(=O)N2CCC(Oc3c(C)cccc3C)CC2)c1. The second-order valence-corrected chi connectivity index (χ2v) is 9.89. The Morgan fingerprint density at radius 2 is 1.61 bits per heavy atom. The highest BCUT2D eigenvalue weighted by Gasteiger charge is 2.27. The first-order valence-electron chi connectivity index (χ1n) is 10.9. The van der Waals surface area contributed by atoms with Gasteiger partial charge in [0.2, 0.25) is 10.0 Å². The van der Waals surface area contributed by atoms with Gasteiger partial charge < -0.3 is 9.64 Å². The summed E-state index contributed by atoms with van der Waals surface area (Å²) in [6.45, 7) is 9.65. The Bertz CT molecular complexity index is 1000. The summed E-state index contributed by atoms with van der Waals surface area (Å²) >= 11 is 0. The fourth-order valence-corrected chi connectivity index (χ4v) is 5.52. The summed E-state index contributed by atoms with van der Waals surface area (Å²) in [5.41, 5.74) is 2.64. The van der Waals surface area contributed by atoms with Gasteiger partial charge in [-0.3, -0.25) is 4.79 Å². The van der Waals surface area contributed by atoms with Crippen molar-refractivity contribution in [2.45, 2.75) is 51.5 Å². The lowest BCUT2D eigenvalue weighted by Gasteiger charge is -2.33. The number of piperidine rings is 1. The lowest BCUT2D eigenvalue weighted by molar-refractivity contribution is 0.0593. The van der Waals surface area contributed by atoms with Crippen molar-refractivity contribution in [3.8, 4) is 5.75 Å². The molecule has 1 saturated heterocycles. The highest BCUT2D eigenvalue weighted by molar-refractivity contribution is 7.89. The summed E-state index contributed by atoms with van der Waals surface area (Å²) < 4.78 is 33.2. The molecule has 3 rings (SSSR count). The van der Waals surface area contributed by atoms with Crippen LogP contribution < -0.4 is 4.74 Å². The van der Waals surface area contributed by atoms with Gasteiger partial charge in [0, 0.05) is 44.6 Å². The average molecular weight is 445 g/mol. The normalized spacial score (nSPS) is 15.3. The molecule has 2 aromatic rings. The third-order valence-electron chi connectivity index (χ3n) is 5.85. The number of likely N-dealkylation sites (tertiary alicyclic amines) is 1. The number of hydrogen-bond donors (Lipinski definition) is 0. The number of benzene rings is 2. The van der Waals surface area contributed by atoms with E-state index in [2.05, 4.69) is 0 Å². The number of hydrogen-bond acceptors (Lipinski definition) is 4. The molecule has 1 aliphatic rings. The number of para-hydroxylation sites is 1. The van der Waals surface area contributed by atoms with Gasteiger partial charge in [0.05, 0.1) is 4.90 Å². The predicted molar refractivity (Wildman–Crippen MR) is 122 cm³/mol. The van der Waals surface area contributed by atoms with E-state index in [1.54, 1.807) is 36.9 Å². The van der Waals surface area contributed by atoms with Gasteiger partial charge in [0.1, 0.15) is 11.9 Å². The summed E-state index contributed by atoms with van der Waals surface area (Å²) in [5, 5.41) is 0. The molecule has 0 atom stereocenters. The lowest BCUT2D eigenvalue weighted by Crippen LogP contribution is -2.42. The summed E-state index contributed by atoms with van der Waals surface area (Å²) in [6.07, 6.45) is 1.56. The zero-order chi connectivity index (χ0) is 22.6. The van der Waals surface area contributed by atoms with Crippen LogP contribution in [0.2, 0.25) is 0 Å². The van der Waals surface area contributed by atoms with Crippen LogP contribution in [0.4, 0.5) is 0 Å². The van der Waals surface area contributed by atoms with Crippen LogP contribution in [0.1, 0.15) is 48.2 Å². The molecule has 1 fully saturated rings. The van der Waals surface area contributed by atoms with Gasteiger partial charge in [-0.05, 0) is 43.2 Å². The zero-order valence-electron chi connectivity index (χ0n) is 18.8. The van der Waals surface area contributed by atoms with E-state index >= 15 is 0 Å². The van der Waals surface area contributed by atoms with Gasteiger partial charge in [-0.1, -0.05) is 38.1 Å². The van der Waals surface area contributed by atoms with Gasteiger partial charge in [-0.25, -0.2) is 8.42 Å². The van der Waals surface area contributed by atoms with Crippen molar-refractivity contribution < 1.29 is 17.9 Å². The Labute approximate surface area is 185 Å². The minimum absolute atomic E-state index is 0.0678. The van der Waals surface area contributed by atoms with Crippen LogP contribution >= 0.6 is 0 Å². The second kappa shape index (κ2) is 9.83. The van der Waals surface area contributed by atoms with E-state index in [9.17, 15) is 13.2 Å². The molecule has 0 bridgehead atoms. The zero-order valence-corrected chi connectivity index (χ0v) is 19.6. The van der Waals surface area contributed by atoms with Crippen LogP contribution in [0.15, 0.2) is 47.4 Å². The highest BCUT2D eigenvalue weighted by atomic mass is 32.2. The van der Waals surface area contributed by atoms with Crippen LogP contribution in [0, 0.1) is 13.8 Å². The molecule has 0 N–H and O–H groups in total. The maximum atomic E-state index is 13.0. The van der Waals surface area contributed by atoms with E-state index in [0.717, 1.165) is 29.7 Å². The Morgan fingerprint density at radius 1 is 1.03 bits per heavy atom. The first-order valence-corrected chi connectivity index (χ1v) is 12.3. The fourth-order valence-electron chi connectivity index (χ4n) is 4.01. The number of amides is 1. The molecule has 168 valence electrons. The molecular formula is C24H32N2O4S. The topological polar surface area (TPSA) is 66.9 Å². The van der Waals surface area contributed by atoms with Gasteiger partial charge in [-0.2, -0.15) is 4.31 Å². The second-order valence-electron chi connectivity index (χ2n) is 7.95. The summed E-state index contributed by atoms with van der Waals surface area (Å²) in [7, 11) is -3.60. The van der Waals surface area contributed by atoms with E-state index in [0.29, 0.717) is 31.7 Å². The predicted octanol–water partition coefficient (Wildman–Crippen LogP) is 4.02. The van der Waals surface area contributed by atoms with Crippen molar-refractivity contribution in [1.29, 1.82) is 0 Å². The third-order valence-corrected chi connectivity index (χ3v) is 7.89. The molecule has 0 radical (unpaired) electrons. The number of sulfonamides is 1. The summed E-state index contributed by atoms with van der Waals surface area (Å²) in [4.78, 5) is 15.0. The van der Waals surface area contributed by atoms with E-state index in [-0.39, 0.29) is 16.9 Å². The molecular weight excluding hydrogens is 412 g/mol. The van der Waals surface area contributed by atoms with E-state index in [1.165, 1.54) is 10.4 Å². The highest BCUT2D eigenvalue weighted by Crippen LogP contribution is 2.27. The fraction of sp³-hybridized carbons (Fsp3) is 0.458. The molecule has 0 aliphatic carbocycles. The molecule has 31 heavy (non-hydrogen) atoms. The molecule has 0 spiro atoms. The number of nitrogens with zero attached hydrogens (tertiary/aromatic N) is 2. The number of carbonyl (C=O) groups excluding carboxylic acids is 1. The third kappa shape index (κ3) is 5.10. The van der Waals surface area contributed by atoms with Gasteiger partial charge in [0.15, 0.2) is 0 Å². The minimum Gasteiger partial charge on any atom is -0.490 e. The van der Waals surface area contributed by atoms with Crippen molar-refractivity contribution >= 4 is 15.9 Å². The van der Waals surface area contributed by atoms with Crippen LogP contribution in [0.3, 0.4) is 0 Å². The van der Waals surface area contributed by atoms with Crippen molar-refractivity contribution in [2.24, 2.45) is 0 Å².